The van der Waals surface area contributed by atoms with Gasteiger partial charge in [-0.05, 0) is 46.6 Å². The van der Waals surface area contributed by atoms with Crippen LogP contribution < -0.4 is 0 Å². The van der Waals surface area contributed by atoms with Gasteiger partial charge < -0.3 is 14.2 Å². The molecule has 0 saturated carbocycles. The topological polar surface area (TPSA) is 42.0 Å². The molecule has 2 saturated heterocycles. The maximum absolute atomic E-state index is 13.1. The number of hydrogen-bond acceptors (Lipinski definition) is 4. The van der Waals surface area contributed by atoms with Crippen LogP contribution in [0.2, 0.25) is 0 Å². The third-order valence-corrected chi connectivity index (χ3v) is 6.00. The number of amides is 1. The molecule has 0 radical (unpaired) electrons. The van der Waals surface area contributed by atoms with Crippen molar-refractivity contribution in [3.8, 4) is 0 Å². The number of carbonyl (C=O) groups excluding carboxylic acids is 1. The zero-order valence-electron chi connectivity index (χ0n) is 16.2. The van der Waals surface area contributed by atoms with E-state index < -0.39 is 24.0 Å². The maximum Gasteiger partial charge on any atom is 0.559 e. The van der Waals surface area contributed by atoms with Gasteiger partial charge in [0.05, 0.1) is 16.7 Å². The van der Waals surface area contributed by atoms with Crippen molar-refractivity contribution in [2.45, 2.75) is 57.8 Å². The van der Waals surface area contributed by atoms with Gasteiger partial charge in [0, 0.05) is 20.1 Å². The van der Waals surface area contributed by atoms with Crippen LogP contribution in [-0.4, -0.2) is 59.7 Å². The Kier molecular flexibility index (Phi) is 4.50. The van der Waals surface area contributed by atoms with Crippen LogP contribution in [0.5, 0.6) is 0 Å². The van der Waals surface area contributed by atoms with Crippen LogP contribution in [0, 0.1) is 0 Å². The molecule has 0 aromatic heterocycles. The van der Waals surface area contributed by atoms with Gasteiger partial charge in [0.25, 0.3) is 0 Å². The number of likely N-dealkylation sites (N-methyl/N-ethyl adjacent to an activating group) is 1. The zero-order chi connectivity index (χ0) is 18.5. The Bertz CT molecular complexity index is 633. The van der Waals surface area contributed by atoms with Crippen molar-refractivity contribution in [2.75, 3.05) is 20.1 Å². The van der Waals surface area contributed by atoms with E-state index in [1.807, 2.05) is 64.8 Å². The van der Waals surface area contributed by atoms with Gasteiger partial charge in [-0.15, -0.1) is 0 Å². The van der Waals surface area contributed by atoms with Crippen LogP contribution in [0.15, 0.2) is 30.3 Å². The molecule has 0 bridgehead atoms. The van der Waals surface area contributed by atoms with Crippen LogP contribution in [0.3, 0.4) is 0 Å². The highest BCUT2D eigenvalue weighted by Gasteiger charge is 2.59. The fourth-order valence-corrected chi connectivity index (χ4v) is 3.59. The van der Waals surface area contributed by atoms with E-state index in [2.05, 4.69) is 16.9 Å². The summed E-state index contributed by atoms with van der Waals surface area (Å²) in [6.45, 7) is 11.6. The molecule has 2 heterocycles. The first-order valence-electron chi connectivity index (χ1n) is 8.99. The van der Waals surface area contributed by atoms with Crippen molar-refractivity contribution in [1.29, 1.82) is 0 Å². The first kappa shape index (κ1) is 18.4. The molecule has 2 aliphatic rings. The molecular formula is C19H29BN2O3. The minimum Gasteiger partial charge on any atom is -0.389 e. The molecule has 1 atom stereocenters. The van der Waals surface area contributed by atoms with Crippen molar-refractivity contribution >= 4 is 13.2 Å². The molecule has 2 aliphatic heterocycles. The van der Waals surface area contributed by atoms with E-state index >= 15 is 0 Å². The quantitative estimate of drug-likeness (QED) is 0.790. The molecule has 6 heteroatoms. The molecule has 3 rings (SSSR count). The average molecular weight is 344 g/mol. The fourth-order valence-electron chi connectivity index (χ4n) is 3.59. The number of carbonyl (C=O) groups is 1. The monoisotopic (exact) mass is 344 g/mol. The van der Waals surface area contributed by atoms with Gasteiger partial charge in [0.1, 0.15) is 0 Å². The molecule has 0 spiro atoms. The predicted molar refractivity (Wildman–Crippen MR) is 99.0 cm³/mol. The summed E-state index contributed by atoms with van der Waals surface area (Å²) in [5.74, 6) is 0.109. The maximum atomic E-state index is 13.1. The van der Waals surface area contributed by atoms with E-state index in [0.717, 1.165) is 12.1 Å². The lowest BCUT2D eigenvalue weighted by molar-refractivity contribution is -0.145. The van der Waals surface area contributed by atoms with Crippen LogP contribution in [0.4, 0.5) is 0 Å². The van der Waals surface area contributed by atoms with Crippen molar-refractivity contribution in [3.63, 3.8) is 0 Å². The van der Waals surface area contributed by atoms with Gasteiger partial charge in [-0.2, -0.15) is 0 Å². The number of benzene rings is 1. The molecule has 1 aromatic rings. The summed E-state index contributed by atoms with van der Waals surface area (Å²) in [5, 5.41) is 0. The van der Waals surface area contributed by atoms with E-state index in [1.54, 1.807) is 0 Å². The van der Waals surface area contributed by atoms with E-state index in [-0.39, 0.29) is 5.91 Å². The lowest BCUT2D eigenvalue weighted by Crippen LogP contribution is -2.69. The average Bonchev–Trinajstić information content (AvgIpc) is 2.74. The fraction of sp³-hybridized carbons (Fsp3) is 0.632. The zero-order valence-corrected chi connectivity index (χ0v) is 16.2. The molecule has 136 valence electrons. The first-order chi connectivity index (χ1) is 11.6. The molecule has 5 nitrogen and oxygen atoms in total. The number of nitrogens with zero attached hydrogens (tertiary/aromatic N) is 2. The molecule has 25 heavy (non-hydrogen) atoms. The highest BCUT2D eigenvalue weighted by Crippen LogP contribution is 2.40. The van der Waals surface area contributed by atoms with Gasteiger partial charge in [-0.3, -0.25) is 9.61 Å². The smallest absolute Gasteiger partial charge is 0.389 e. The highest BCUT2D eigenvalue weighted by atomic mass is 16.7. The van der Waals surface area contributed by atoms with Crippen LogP contribution >= 0.6 is 0 Å². The van der Waals surface area contributed by atoms with E-state index in [0.29, 0.717) is 13.0 Å². The van der Waals surface area contributed by atoms with E-state index in [1.165, 1.54) is 0 Å². The Balaban J connectivity index is 1.92. The molecule has 0 N–H and O–H groups in total. The van der Waals surface area contributed by atoms with Gasteiger partial charge in [-0.25, -0.2) is 0 Å². The molecule has 1 unspecified atom stereocenters. The molecule has 2 fully saturated rings. The van der Waals surface area contributed by atoms with Crippen LogP contribution in [0.1, 0.15) is 40.2 Å². The summed E-state index contributed by atoms with van der Waals surface area (Å²) < 4.78 is 12.5. The van der Waals surface area contributed by atoms with Gasteiger partial charge in [0.2, 0.25) is 5.91 Å². The second-order valence-electron chi connectivity index (χ2n) is 8.42. The third-order valence-electron chi connectivity index (χ3n) is 6.00. The molecule has 1 aromatic carbocycles. The Labute approximate surface area is 151 Å². The first-order valence-corrected chi connectivity index (χ1v) is 8.99. The van der Waals surface area contributed by atoms with Crippen molar-refractivity contribution in [1.82, 2.24) is 9.71 Å². The standard InChI is InChI=1S/C19H29BN2O3/c1-17(2)18(3,4)25-20(24-17)22-13-12-21(6)16(23)19(22,5)14-15-10-8-7-9-11-15/h7-11H,12-14H2,1-6H3. The Morgan fingerprint density at radius 1 is 1.00 bits per heavy atom. The number of piperazine rings is 1. The third kappa shape index (κ3) is 3.11. The van der Waals surface area contributed by atoms with E-state index in [9.17, 15) is 4.79 Å². The summed E-state index contributed by atoms with van der Waals surface area (Å²) in [7, 11) is 1.35. The minimum absolute atomic E-state index is 0.109. The predicted octanol–water partition coefficient (Wildman–Crippen LogP) is 2.35. The van der Waals surface area contributed by atoms with Crippen LogP contribution in [-0.2, 0) is 20.5 Å². The molecule has 1 amide bonds. The summed E-state index contributed by atoms with van der Waals surface area (Å²) in [4.78, 5) is 17.0. The Morgan fingerprint density at radius 3 is 2.12 bits per heavy atom. The SMILES string of the molecule is CN1CCN(B2OC(C)(C)C(C)(C)O2)C(C)(Cc2ccccc2)C1=O. The lowest BCUT2D eigenvalue weighted by atomic mass is 9.81. The summed E-state index contributed by atoms with van der Waals surface area (Å²) >= 11 is 0. The highest BCUT2D eigenvalue weighted by molar-refractivity contribution is 6.43. The molecular weight excluding hydrogens is 315 g/mol. The summed E-state index contributed by atoms with van der Waals surface area (Å²) in [5.41, 5.74) is -0.402. The molecule has 0 aliphatic carbocycles. The number of hydrogen-bond donors (Lipinski definition) is 0. The van der Waals surface area contributed by atoms with Gasteiger partial charge >= 0.3 is 7.25 Å². The summed E-state index contributed by atoms with van der Waals surface area (Å²) in [6, 6.07) is 10.1. The van der Waals surface area contributed by atoms with Crippen LogP contribution in [0.25, 0.3) is 0 Å². The minimum atomic E-state index is -0.699. The normalized spacial score (nSPS) is 29.3. The Hall–Kier alpha value is -1.37. The van der Waals surface area contributed by atoms with Crippen molar-refractivity contribution in [2.24, 2.45) is 0 Å². The van der Waals surface area contributed by atoms with E-state index in [4.69, 9.17) is 9.31 Å². The summed E-state index contributed by atoms with van der Waals surface area (Å²) in [6.07, 6.45) is 0.626. The largest absolute Gasteiger partial charge is 0.559 e. The number of rotatable bonds is 3. The van der Waals surface area contributed by atoms with Crippen molar-refractivity contribution < 1.29 is 14.1 Å². The van der Waals surface area contributed by atoms with Crippen molar-refractivity contribution in [3.05, 3.63) is 35.9 Å². The van der Waals surface area contributed by atoms with Gasteiger partial charge in [-0.1, -0.05) is 30.3 Å². The second-order valence-corrected chi connectivity index (χ2v) is 8.42. The van der Waals surface area contributed by atoms with Gasteiger partial charge in [0.15, 0.2) is 0 Å². The lowest BCUT2D eigenvalue weighted by Gasteiger charge is -2.47. The second kappa shape index (κ2) is 6.11. The Morgan fingerprint density at radius 2 is 1.56 bits per heavy atom.